The fourth-order valence-electron chi connectivity index (χ4n) is 3.30. The Morgan fingerprint density at radius 1 is 1.11 bits per heavy atom. The molecule has 0 amide bonds. The van der Waals surface area contributed by atoms with Gasteiger partial charge in [-0.25, -0.2) is 0 Å². The summed E-state index contributed by atoms with van der Waals surface area (Å²) in [5.74, 6) is 2.36. The molecule has 4 rings (SSSR count). The van der Waals surface area contributed by atoms with Crippen LogP contribution in [0.2, 0.25) is 0 Å². The van der Waals surface area contributed by atoms with Crippen molar-refractivity contribution in [1.29, 1.82) is 0 Å². The molecule has 0 unspecified atom stereocenters. The van der Waals surface area contributed by atoms with E-state index in [1.807, 2.05) is 29.6 Å². The summed E-state index contributed by atoms with van der Waals surface area (Å²) in [5.41, 5.74) is 4.48. The molecule has 0 bridgehead atoms. The molecular formula is C21H21NO4S. The number of fused-ring (bicyclic) bond motifs is 1. The Kier molecular flexibility index (Phi) is 4.90. The highest BCUT2D eigenvalue weighted by Gasteiger charge is 2.19. The lowest BCUT2D eigenvalue weighted by atomic mass is 9.97. The lowest BCUT2D eigenvalue weighted by Crippen LogP contribution is -2.15. The number of aromatic hydroxyl groups is 1. The van der Waals surface area contributed by atoms with E-state index in [1.165, 1.54) is 11.5 Å². The molecule has 0 aliphatic carbocycles. The van der Waals surface area contributed by atoms with Gasteiger partial charge in [0.05, 0.1) is 12.8 Å². The van der Waals surface area contributed by atoms with Gasteiger partial charge in [-0.15, -0.1) is 0 Å². The second-order valence-corrected chi connectivity index (χ2v) is 7.00. The van der Waals surface area contributed by atoms with E-state index < -0.39 is 0 Å². The third-order valence-corrected chi connectivity index (χ3v) is 5.23. The number of benzene rings is 2. The van der Waals surface area contributed by atoms with E-state index in [9.17, 15) is 5.11 Å². The van der Waals surface area contributed by atoms with Crippen molar-refractivity contribution in [2.45, 2.75) is 19.8 Å². The van der Waals surface area contributed by atoms with E-state index in [4.69, 9.17) is 14.2 Å². The molecule has 1 N–H and O–H groups in total. The highest BCUT2D eigenvalue weighted by atomic mass is 32.1. The second-order valence-electron chi connectivity index (χ2n) is 6.37. The smallest absolute Gasteiger partial charge is 0.161 e. The summed E-state index contributed by atoms with van der Waals surface area (Å²) < 4.78 is 21.3. The van der Waals surface area contributed by atoms with Crippen LogP contribution in [0.15, 0.2) is 35.7 Å². The zero-order valence-electron chi connectivity index (χ0n) is 15.3. The number of phenols is 1. The molecule has 5 nitrogen and oxygen atoms in total. The SMILES string of the molecule is CCCc1cc(-c2nscc2-c2ccc3c(c2)OCCO3)c(O)cc1OC. The van der Waals surface area contributed by atoms with Crippen LogP contribution in [0.3, 0.4) is 0 Å². The zero-order chi connectivity index (χ0) is 18.8. The number of hydrogen-bond acceptors (Lipinski definition) is 6. The largest absolute Gasteiger partial charge is 0.507 e. The first-order valence-corrected chi connectivity index (χ1v) is 9.79. The minimum atomic E-state index is 0.163. The van der Waals surface area contributed by atoms with Gasteiger partial charge < -0.3 is 19.3 Å². The highest BCUT2D eigenvalue weighted by molar-refractivity contribution is 7.04. The monoisotopic (exact) mass is 383 g/mol. The minimum Gasteiger partial charge on any atom is -0.507 e. The number of rotatable bonds is 5. The minimum absolute atomic E-state index is 0.163. The molecule has 27 heavy (non-hydrogen) atoms. The average molecular weight is 383 g/mol. The zero-order valence-corrected chi connectivity index (χ0v) is 16.1. The number of methoxy groups -OCH3 is 1. The van der Waals surface area contributed by atoms with Crippen molar-refractivity contribution in [3.63, 3.8) is 0 Å². The fraction of sp³-hybridized carbons (Fsp3) is 0.286. The first kappa shape index (κ1) is 17.7. The number of nitrogens with zero attached hydrogens (tertiary/aromatic N) is 1. The normalized spacial score (nSPS) is 12.8. The Hall–Kier alpha value is -2.73. The molecule has 0 radical (unpaired) electrons. The number of ether oxygens (including phenoxy) is 3. The van der Waals surface area contributed by atoms with Crippen LogP contribution < -0.4 is 14.2 Å². The van der Waals surface area contributed by atoms with Crippen LogP contribution in [0, 0.1) is 0 Å². The number of aromatic nitrogens is 1. The Morgan fingerprint density at radius 3 is 2.70 bits per heavy atom. The molecule has 0 spiro atoms. The fourth-order valence-corrected chi connectivity index (χ4v) is 4.01. The topological polar surface area (TPSA) is 60.8 Å². The molecule has 140 valence electrons. The van der Waals surface area contributed by atoms with Crippen LogP contribution in [0.4, 0.5) is 0 Å². The van der Waals surface area contributed by atoms with Gasteiger partial charge >= 0.3 is 0 Å². The lowest BCUT2D eigenvalue weighted by molar-refractivity contribution is 0.171. The van der Waals surface area contributed by atoms with Crippen LogP contribution in [-0.4, -0.2) is 29.8 Å². The lowest BCUT2D eigenvalue weighted by Gasteiger charge is -2.19. The first-order chi connectivity index (χ1) is 13.2. The predicted molar refractivity (Wildman–Crippen MR) is 106 cm³/mol. The molecule has 0 atom stereocenters. The molecule has 0 saturated carbocycles. The Bertz CT molecular complexity index is 967. The van der Waals surface area contributed by atoms with Crippen molar-refractivity contribution in [2.75, 3.05) is 20.3 Å². The quantitative estimate of drug-likeness (QED) is 0.678. The van der Waals surface area contributed by atoms with Crippen molar-refractivity contribution in [3.8, 4) is 45.4 Å². The molecule has 2 aromatic carbocycles. The summed E-state index contributed by atoms with van der Waals surface area (Å²) in [7, 11) is 1.62. The van der Waals surface area contributed by atoms with E-state index in [0.29, 0.717) is 24.5 Å². The molecule has 1 aliphatic heterocycles. The van der Waals surface area contributed by atoms with Crippen molar-refractivity contribution in [2.24, 2.45) is 0 Å². The maximum absolute atomic E-state index is 10.6. The third kappa shape index (κ3) is 3.32. The van der Waals surface area contributed by atoms with E-state index in [2.05, 4.69) is 11.3 Å². The first-order valence-electron chi connectivity index (χ1n) is 8.96. The van der Waals surface area contributed by atoms with Crippen LogP contribution in [0.25, 0.3) is 22.4 Å². The van der Waals surface area contributed by atoms with Gasteiger partial charge in [-0.3, -0.25) is 0 Å². The van der Waals surface area contributed by atoms with Gasteiger partial charge in [0.2, 0.25) is 0 Å². The van der Waals surface area contributed by atoms with Crippen LogP contribution in [0.5, 0.6) is 23.0 Å². The maximum atomic E-state index is 10.6. The van der Waals surface area contributed by atoms with E-state index in [1.54, 1.807) is 13.2 Å². The summed E-state index contributed by atoms with van der Waals surface area (Å²) >= 11 is 1.37. The van der Waals surface area contributed by atoms with Gasteiger partial charge in [0.15, 0.2) is 11.5 Å². The maximum Gasteiger partial charge on any atom is 0.161 e. The molecular weight excluding hydrogens is 362 g/mol. The molecule has 0 fully saturated rings. The average Bonchev–Trinajstić information content (AvgIpc) is 3.18. The van der Waals surface area contributed by atoms with E-state index in [-0.39, 0.29) is 5.75 Å². The molecule has 6 heteroatoms. The van der Waals surface area contributed by atoms with Crippen molar-refractivity contribution >= 4 is 11.5 Å². The summed E-state index contributed by atoms with van der Waals surface area (Å²) in [6.45, 7) is 3.23. The molecule has 3 aromatic rings. The van der Waals surface area contributed by atoms with Gasteiger partial charge in [0.25, 0.3) is 0 Å². The third-order valence-electron chi connectivity index (χ3n) is 4.60. The van der Waals surface area contributed by atoms with Crippen LogP contribution in [-0.2, 0) is 6.42 Å². The van der Waals surface area contributed by atoms with Gasteiger partial charge in [-0.2, -0.15) is 4.37 Å². The predicted octanol–water partition coefficient (Wildman–Crippen LogP) is 4.92. The van der Waals surface area contributed by atoms with Crippen molar-refractivity contribution < 1.29 is 19.3 Å². The Balaban J connectivity index is 1.79. The van der Waals surface area contributed by atoms with E-state index in [0.717, 1.165) is 46.7 Å². The van der Waals surface area contributed by atoms with Crippen LogP contribution in [0.1, 0.15) is 18.9 Å². The molecule has 1 aliphatic rings. The van der Waals surface area contributed by atoms with Gasteiger partial charge in [-0.1, -0.05) is 19.4 Å². The summed E-state index contributed by atoms with van der Waals surface area (Å²) in [4.78, 5) is 0. The van der Waals surface area contributed by atoms with Gasteiger partial charge in [0.1, 0.15) is 24.7 Å². The number of phenolic OH excluding ortho intramolecular Hbond substituents is 1. The Morgan fingerprint density at radius 2 is 1.93 bits per heavy atom. The van der Waals surface area contributed by atoms with Gasteiger partial charge in [-0.05, 0) is 47.3 Å². The van der Waals surface area contributed by atoms with Crippen molar-refractivity contribution in [1.82, 2.24) is 4.37 Å². The summed E-state index contributed by atoms with van der Waals surface area (Å²) in [5, 5.41) is 12.6. The number of hydrogen-bond donors (Lipinski definition) is 1. The second kappa shape index (κ2) is 7.48. The summed E-state index contributed by atoms with van der Waals surface area (Å²) in [6.07, 6.45) is 1.87. The van der Waals surface area contributed by atoms with Crippen molar-refractivity contribution in [3.05, 3.63) is 41.3 Å². The molecule has 1 aromatic heterocycles. The summed E-state index contributed by atoms with van der Waals surface area (Å²) in [6, 6.07) is 9.53. The van der Waals surface area contributed by atoms with Crippen LogP contribution >= 0.6 is 11.5 Å². The Labute approximate surface area is 162 Å². The standard InChI is InChI=1S/C21H21NO4S/c1-3-4-14-9-15(17(23)11-19(14)24-2)21-16(12-27-22-21)13-5-6-18-20(10-13)26-8-7-25-18/h5-6,9-12,23H,3-4,7-8H2,1-2H3. The molecule has 0 saturated heterocycles. The molecule has 2 heterocycles. The van der Waals surface area contributed by atoms with Gasteiger partial charge in [0, 0.05) is 22.6 Å². The highest BCUT2D eigenvalue weighted by Crippen LogP contribution is 2.42. The van der Waals surface area contributed by atoms with E-state index >= 15 is 0 Å². The number of aryl methyl sites for hydroxylation is 1.